The fourth-order valence-electron chi connectivity index (χ4n) is 2.96. The largest absolute Gasteiger partial charge is 0.375 e. The van der Waals surface area contributed by atoms with Crippen molar-refractivity contribution in [1.29, 1.82) is 0 Å². The molecule has 0 radical (unpaired) electrons. The molecule has 1 unspecified atom stereocenters. The first-order valence-corrected chi connectivity index (χ1v) is 6.86. The van der Waals surface area contributed by atoms with Crippen molar-refractivity contribution in [3.8, 4) is 0 Å². The van der Waals surface area contributed by atoms with Crippen LogP contribution in [0.3, 0.4) is 0 Å². The fourth-order valence-corrected chi connectivity index (χ4v) is 3.14. The van der Waals surface area contributed by atoms with Gasteiger partial charge in [0.2, 0.25) is 0 Å². The minimum atomic E-state index is 0.00933. The van der Waals surface area contributed by atoms with Gasteiger partial charge in [0.25, 0.3) is 0 Å². The molecule has 1 spiro atoms. The molecule has 2 heterocycles. The summed E-state index contributed by atoms with van der Waals surface area (Å²) in [6, 6.07) is 3.41. The zero-order chi connectivity index (χ0) is 12.6. The Labute approximate surface area is 112 Å². The van der Waals surface area contributed by atoms with Crippen LogP contribution in [0.2, 0.25) is 5.15 Å². The summed E-state index contributed by atoms with van der Waals surface area (Å²) in [5, 5.41) is 0.381. The average molecular weight is 266 g/mol. The van der Waals surface area contributed by atoms with Gasteiger partial charge in [0, 0.05) is 24.3 Å². The van der Waals surface area contributed by atoms with Gasteiger partial charge in [-0.1, -0.05) is 11.6 Å². The predicted octanol–water partition coefficient (Wildman–Crippen LogP) is 3.27. The van der Waals surface area contributed by atoms with E-state index in [-0.39, 0.29) is 17.3 Å². The molecule has 96 valence electrons. The number of pyridine rings is 1. The highest BCUT2D eigenvalue weighted by molar-refractivity contribution is 6.29. The molecule has 1 saturated carbocycles. The molecule has 3 nitrogen and oxygen atoms in total. The van der Waals surface area contributed by atoms with Crippen molar-refractivity contribution in [2.24, 2.45) is 5.92 Å². The molecule has 1 aromatic rings. The van der Waals surface area contributed by atoms with Crippen LogP contribution in [-0.2, 0) is 4.74 Å². The molecule has 2 aliphatic rings. The molecular formula is C14H16ClNO2. The minimum absolute atomic E-state index is 0.00933. The molecule has 2 fully saturated rings. The first-order chi connectivity index (χ1) is 8.69. The van der Waals surface area contributed by atoms with E-state index in [2.05, 4.69) is 4.98 Å². The maximum Gasteiger partial charge on any atom is 0.166 e. The normalized spacial score (nSPS) is 25.7. The van der Waals surface area contributed by atoms with E-state index in [1.807, 2.05) is 0 Å². The van der Waals surface area contributed by atoms with Crippen LogP contribution in [0.4, 0.5) is 0 Å². The molecule has 0 aromatic carbocycles. The highest BCUT2D eigenvalue weighted by Crippen LogP contribution is 2.44. The van der Waals surface area contributed by atoms with E-state index in [0.29, 0.717) is 17.3 Å². The summed E-state index contributed by atoms with van der Waals surface area (Å²) in [5.74, 6) is 0.270. The number of nitrogens with zero attached hydrogens (tertiary/aromatic N) is 1. The minimum Gasteiger partial charge on any atom is -0.375 e. The lowest BCUT2D eigenvalue weighted by molar-refractivity contribution is -0.137. The van der Waals surface area contributed by atoms with Crippen LogP contribution in [0.1, 0.15) is 42.5 Å². The number of Topliss-reactive ketones (excluding diaryl/α,β-unsaturated/α-hetero) is 1. The van der Waals surface area contributed by atoms with Crippen molar-refractivity contribution >= 4 is 17.4 Å². The topological polar surface area (TPSA) is 39.2 Å². The van der Waals surface area contributed by atoms with Gasteiger partial charge in [-0.05, 0) is 44.2 Å². The lowest BCUT2D eigenvalue weighted by Gasteiger charge is -2.46. The Balaban J connectivity index is 1.76. The molecular weight excluding hydrogens is 250 g/mol. The SMILES string of the molecule is O=C(c1ccnc(Cl)c1)C1CCOC2(CCC2)C1. The second-order valence-corrected chi connectivity index (χ2v) is 5.69. The highest BCUT2D eigenvalue weighted by atomic mass is 35.5. The number of aromatic nitrogens is 1. The maximum atomic E-state index is 12.4. The summed E-state index contributed by atoms with van der Waals surface area (Å²) < 4.78 is 5.85. The van der Waals surface area contributed by atoms with Gasteiger partial charge in [0.05, 0.1) is 5.60 Å². The number of halogens is 1. The van der Waals surface area contributed by atoms with Gasteiger partial charge < -0.3 is 4.74 Å². The third kappa shape index (κ3) is 2.17. The van der Waals surface area contributed by atoms with Gasteiger partial charge in [0.15, 0.2) is 5.78 Å². The molecule has 3 rings (SSSR count). The van der Waals surface area contributed by atoms with Crippen LogP contribution in [0, 0.1) is 5.92 Å². The molecule has 1 aromatic heterocycles. The molecule has 1 aliphatic heterocycles. The van der Waals surface area contributed by atoms with E-state index in [1.165, 1.54) is 6.42 Å². The maximum absolute atomic E-state index is 12.4. The van der Waals surface area contributed by atoms with Crippen LogP contribution in [0.5, 0.6) is 0 Å². The van der Waals surface area contributed by atoms with Gasteiger partial charge in [-0.15, -0.1) is 0 Å². The quantitative estimate of drug-likeness (QED) is 0.609. The summed E-state index contributed by atoms with van der Waals surface area (Å²) >= 11 is 5.83. The van der Waals surface area contributed by atoms with Gasteiger partial charge in [-0.3, -0.25) is 4.79 Å². The van der Waals surface area contributed by atoms with Crippen LogP contribution < -0.4 is 0 Å². The second-order valence-electron chi connectivity index (χ2n) is 5.31. The lowest BCUT2D eigenvalue weighted by Crippen LogP contribution is -2.47. The summed E-state index contributed by atoms with van der Waals surface area (Å²) in [6.07, 6.45) is 6.71. The Kier molecular flexibility index (Phi) is 3.12. The highest BCUT2D eigenvalue weighted by Gasteiger charge is 2.44. The van der Waals surface area contributed by atoms with E-state index in [1.54, 1.807) is 18.3 Å². The first-order valence-electron chi connectivity index (χ1n) is 6.48. The van der Waals surface area contributed by atoms with Crippen LogP contribution in [0.15, 0.2) is 18.3 Å². The Hall–Kier alpha value is -0.930. The first kappa shape index (κ1) is 12.1. The van der Waals surface area contributed by atoms with E-state index < -0.39 is 0 Å². The predicted molar refractivity (Wildman–Crippen MR) is 68.8 cm³/mol. The lowest BCUT2D eigenvalue weighted by atomic mass is 9.70. The van der Waals surface area contributed by atoms with Gasteiger partial charge in [0.1, 0.15) is 5.15 Å². The average Bonchev–Trinajstić information content (AvgIpc) is 2.36. The molecule has 4 heteroatoms. The van der Waals surface area contributed by atoms with Gasteiger partial charge in [-0.2, -0.15) is 0 Å². The summed E-state index contributed by atoms with van der Waals surface area (Å²) in [4.78, 5) is 16.3. The third-order valence-corrected chi connectivity index (χ3v) is 4.35. The number of ether oxygens (including phenoxy) is 1. The number of rotatable bonds is 2. The third-order valence-electron chi connectivity index (χ3n) is 4.14. The van der Waals surface area contributed by atoms with Crippen LogP contribution in [0.25, 0.3) is 0 Å². The van der Waals surface area contributed by atoms with Gasteiger partial charge >= 0.3 is 0 Å². The number of hydrogen-bond acceptors (Lipinski definition) is 3. The molecule has 0 amide bonds. The van der Waals surface area contributed by atoms with E-state index in [9.17, 15) is 4.79 Å². The van der Waals surface area contributed by atoms with Crippen molar-refractivity contribution in [3.05, 3.63) is 29.0 Å². The number of ketones is 1. The molecule has 1 aliphatic carbocycles. The monoisotopic (exact) mass is 265 g/mol. The summed E-state index contributed by atoms with van der Waals surface area (Å²) in [6.45, 7) is 0.704. The van der Waals surface area contributed by atoms with E-state index in [4.69, 9.17) is 16.3 Å². The standard InChI is InChI=1S/C14H16ClNO2/c15-12-8-10(2-6-16-12)13(17)11-3-7-18-14(9-11)4-1-5-14/h2,6,8,11H,1,3-5,7,9H2. The van der Waals surface area contributed by atoms with E-state index in [0.717, 1.165) is 25.7 Å². The van der Waals surface area contributed by atoms with Crippen molar-refractivity contribution in [2.75, 3.05) is 6.61 Å². The number of hydrogen-bond donors (Lipinski definition) is 0. The van der Waals surface area contributed by atoms with Gasteiger partial charge in [-0.25, -0.2) is 4.98 Å². The Morgan fingerprint density at radius 3 is 3.00 bits per heavy atom. The molecule has 0 N–H and O–H groups in total. The summed E-state index contributed by atoms with van der Waals surface area (Å²) in [7, 11) is 0. The summed E-state index contributed by atoms with van der Waals surface area (Å²) in [5.41, 5.74) is 0.687. The molecule has 1 atom stereocenters. The van der Waals surface area contributed by atoms with Crippen molar-refractivity contribution in [3.63, 3.8) is 0 Å². The Morgan fingerprint density at radius 1 is 1.50 bits per heavy atom. The number of carbonyl (C=O) groups is 1. The zero-order valence-electron chi connectivity index (χ0n) is 10.2. The van der Waals surface area contributed by atoms with Crippen molar-refractivity contribution in [1.82, 2.24) is 4.98 Å². The molecule has 0 bridgehead atoms. The Bertz CT molecular complexity index is 471. The molecule has 18 heavy (non-hydrogen) atoms. The van der Waals surface area contributed by atoms with Crippen molar-refractivity contribution < 1.29 is 9.53 Å². The van der Waals surface area contributed by atoms with Crippen LogP contribution in [-0.4, -0.2) is 23.0 Å². The van der Waals surface area contributed by atoms with Crippen LogP contribution >= 0.6 is 11.6 Å². The fraction of sp³-hybridized carbons (Fsp3) is 0.571. The zero-order valence-corrected chi connectivity index (χ0v) is 10.9. The second kappa shape index (κ2) is 4.63. The number of carbonyl (C=O) groups excluding carboxylic acids is 1. The smallest absolute Gasteiger partial charge is 0.166 e. The van der Waals surface area contributed by atoms with Crippen molar-refractivity contribution in [2.45, 2.75) is 37.7 Å². The van der Waals surface area contributed by atoms with E-state index >= 15 is 0 Å². The molecule has 1 saturated heterocycles. The Morgan fingerprint density at radius 2 is 2.33 bits per heavy atom.